The van der Waals surface area contributed by atoms with Crippen molar-refractivity contribution < 1.29 is 14.6 Å². The topological polar surface area (TPSA) is 70.3 Å². The molecule has 0 amide bonds. The van der Waals surface area contributed by atoms with E-state index in [1.54, 1.807) is 13.0 Å². The smallest absolute Gasteiger partial charge is 0.310 e. The van der Waals surface area contributed by atoms with Gasteiger partial charge in [-0.05, 0) is 18.6 Å². The maximum absolute atomic E-state index is 11.2. The van der Waals surface area contributed by atoms with Crippen molar-refractivity contribution in [1.29, 1.82) is 5.26 Å². The van der Waals surface area contributed by atoms with Gasteiger partial charge in [-0.25, -0.2) is 0 Å². The van der Waals surface area contributed by atoms with Gasteiger partial charge in [0.15, 0.2) is 0 Å². The molecule has 1 aromatic carbocycles. The molecule has 4 nitrogen and oxygen atoms in total. The molecule has 1 aromatic rings. The van der Waals surface area contributed by atoms with Gasteiger partial charge in [-0.3, -0.25) is 4.79 Å². The van der Waals surface area contributed by atoms with E-state index in [4.69, 9.17) is 21.6 Å². The summed E-state index contributed by atoms with van der Waals surface area (Å²) in [6, 6.07) is 4.60. The average molecular weight is 240 g/mol. The van der Waals surface area contributed by atoms with Gasteiger partial charge in [0.1, 0.15) is 17.4 Å². The summed E-state index contributed by atoms with van der Waals surface area (Å²) in [6.07, 6.45) is -0.0123. The zero-order chi connectivity index (χ0) is 12.1. The maximum atomic E-state index is 11.2. The summed E-state index contributed by atoms with van der Waals surface area (Å²) in [6.45, 7) is 2.00. The van der Waals surface area contributed by atoms with Gasteiger partial charge in [0, 0.05) is 0 Å². The lowest BCUT2D eigenvalue weighted by Crippen LogP contribution is -2.08. The van der Waals surface area contributed by atoms with Gasteiger partial charge < -0.3 is 9.84 Å². The lowest BCUT2D eigenvalue weighted by Gasteiger charge is -2.06. The fourth-order valence-electron chi connectivity index (χ4n) is 1.22. The highest BCUT2D eigenvalue weighted by molar-refractivity contribution is 6.32. The van der Waals surface area contributed by atoms with E-state index < -0.39 is 5.97 Å². The van der Waals surface area contributed by atoms with E-state index in [-0.39, 0.29) is 22.8 Å². The van der Waals surface area contributed by atoms with Gasteiger partial charge in [0.2, 0.25) is 0 Å². The van der Waals surface area contributed by atoms with Crippen LogP contribution in [0.1, 0.15) is 18.1 Å². The monoisotopic (exact) mass is 239 g/mol. The Morgan fingerprint density at radius 1 is 1.62 bits per heavy atom. The van der Waals surface area contributed by atoms with Crippen molar-refractivity contribution in [3.63, 3.8) is 0 Å². The molecule has 5 heteroatoms. The minimum Gasteiger partial charge on any atom is -0.507 e. The molecule has 0 aliphatic carbocycles. The standard InChI is InChI=1S/C11H10ClNO3/c1-2-16-10(15)5-7-3-4-9(14)8(6-13)11(7)12/h3-4,14H,2,5H2,1H3. The molecule has 0 spiro atoms. The van der Waals surface area contributed by atoms with Crippen LogP contribution in [0.2, 0.25) is 5.02 Å². The molecule has 0 heterocycles. The van der Waals surface area contributed by atoms with Crippen molar-refractivity contribution in [3.05, 3.63) is 28.3 Å². The number of nitrogens with zero attached hydrogens (tertiary/aromatic N) is 1. The Bertz CT molecular complexity index is 451. The van der Waals surface area contributed by atoms with E-state index in [2.05, 4.69) is 0 Å². The van der Waals surface area contributed by atoms with E-state index in [0.717, 1.165) is 0 Å². The Morgan fingerprint density at radius 2 is 2.31 bits per heavy atom. The fraction of sp³-hybridized carbons (Fsp3) is 0.273. The molecule has 0 radical (unpaired) electrons. The van der Waals surface area contributed by atoms with E-state index in [1.165, 1.54) is 12.1 Å². The molecule has 1 rings (SSSR count). The second kappa shape index (κ2) is 5.38. The number of nitriles is 1. The Kier molecular flexibility index (Phi) is 4.15. The zero-order valence-electron chi connectivity index (χ0n) is 8.66. The molecule has 0 fully saturated rings. The highest BCUT2D eigenvalue weighted by atomic mass is 35.5. The van der Waals surface area contributed by atoms with Crippen molar-refractivity contribution in [1.82, 2.24) is 0 Å². The maximum Gasteiger partial charge on any atom is 0.310 e. The summed E-state index contributed by atoms with van der Waals surface area (Å²) in [5.74, 6) is -0.612. The third-order valence-electron chi connectivity index (χ3n) is 1.95. The third kappa shape index (κ3) is 2.65. The molecular formula is C11H10ClNO3. The van der Waals surface area contributed by atoms with Crippen LogP contribution in [0, 0.1) is 11.3 Å². The average Bonchev–Trinajstić information content (AvgIpc) is 2.23. The second-order valence-electron chi connectivity index (χ2n) is 3.03. The molecule has 0 saturated heterocycles. The number of benzene rings is 1. The van der Waals surface area contributed by atoms with E-state index >= 15 is 0 Å². The first-order valence-electron chi connectivity index (χ1n) is 4.66. The molecule has 0 bridgehead atoms. The van der Waals surface area contributed by atoms with Gasteiger partial charge in [-0.15, -0.1) is 0 Å². The van der Waals surface area contributed by atoms with Crippen LogP contribution in [0.15, 0.2) is 12.1 Å². The molecule has 1 N–H and O–H groups in total. The first kappa shape index (κ1) is 12.3. The third-order valence-corrected chi connectivity index (χ3v) is 2.38. The fourth-order valence-corrected chi connectivity index (χ4v) is 1.49. The quantitative estimate of drug-likeness (QED) is 0.820. The summed E-state index contributed by atoms with van der Waals surface area (Å²) in [5, 5.41) is 18.2. The van der Waals surface area contributed by atoms with Gasteiger partial charge in [0.25, 0.3) is 0 Å². The Balaban J connectivity index is 2.99. The minimum absolute atomic E-state index is 0.0123. The van der Waals surface area contributed by atoms with Gasteiger partial charge >= 0.3 is 5.97 Å². The Hall–Kier alpha value is -1.73. The number of rotatable bonds is 3. The van der Waals surface area contributed by atoms with Crippen LogP contribution in [0.4, 0.5) is 0 Å². The molecule has 0 unspecified atom stereocenters. The summed E-state index contributed by atoms with van der Waals surface area (Å²) >= 11 is 5.87. The molecular weight excluding hydrogens is 230 g/mol. The number of hydrogen-bond acceptors (Lipinski definition) is 4. The lowest BCUT2D eigenvalue weighted by atomic mass is 10.1. The highest BCUT2D eigenvalue weighted by Gasteiger charge is 2.13. The highest BCUT2D eigenvalue weighted by Crippen LogP contribution is 2.28. The van der Waals surface area contributed by atoms with Crippen molar-refractivity contribution in [2.24, 2.45) is 0 Å². The van der Waals surface area contributed by atoms with Crippen molar-refractivity contribution in [2.45, 2.75) is 13.3 Å². The van der Waals surface area contributed by atoms with E-state index in [1.807, 2.05) is 0 Å². The normalized spacial score (nSPS) is 9.56. The Labute approximate surface area is 98.0 Å². The minimum atomic E-state index is -0.418. The van der Waals surface area contributed by atoms with Crippen LogP contribution < -0.4 is 0 Å². The molecule has 0 saturated carbocycles. The van der Waals surface area contributed by atoms with Crippen LogP contribution in [-0.4, -0.2) is 17.7 Å². The molecule has 84 valence electrons. The number of aromatic hydroxyl groups is 1. The lowest BCUT2D eigenvalue weighted by molar-refractivity contribution is -0.142. The molecule has 0 aliphatic rings. The molecule has 0 atom stereocenters. The van der Waals surface area contributed by atoms with Crippen LogP contribution in [0.25, 0.3) is 0 Å². The van der Waals surface area contributed by atoms with Crippen LogP contribution in [0.3, 0.4) is 0 Å². The SMILES string of the molecule is CCOC(=O)Cc1ccc(O)c(C#N)c1Cl. The number of hydrogen-bond donors (Lipinski definition) is 1. The number of ether oxygens (including phenoxy) is 1. The van der Waals surface area contributed by atoms with Crippen LogP contribution in [-0.2, 0) is 16.0 Å². The summed E-state index contributed by atoms with van der Waals surface area (Å²) < 4.78 is 4.76. The van der Waals surface area contributed by atoms with Crippen LogP contribution >= 0.6 is 11.6 Å². The van der Waals surface area contributed by atoms with Crippen LogP contribution in [0.5, 0.6) is 5.75 Å². The van der Waals surface area contributed by atoms with Gasteiger partial charge in [0.05, 0.1) is 18.1 Å². The van der Waals surface area contributed by atoms with E-state index in [9.17, 15) is 9.90 Å². The van der Waals surface area contributed by atoms with Crippen molar-refractivity contribution in [3.8, 4) is 11.8 Å². The number of phenols is 1. The summed E-state index contributed by atoms with van der Waals surface area (Å²) in [4.78, 5) is 11.2. The number of carbonyl (C=O) groups is 1. The molecule has 0 aliphatic heterocycles. The predicted molar refractivity (Wildman–Crippen MR) is 58.2 cm³/mol. The number of esters is 1. The first-order valence-corrected chi connectivity index (χ1v) is 5.04. The van der Waals surface area contributed by atoms with E-state index in [0.29, 0.717) is 12.2 Å². The number of halogens is 1. The summed E-state index contributed by atoms with van der Waals surface area (Å²) in [7, 11) is 0. The van der Waals surface area contributed by atoms with Crippen molar-refractivity contribution >= 4 is 17.6 Å². The number of carbonyl (C=O) groups excluding carboxylic acids is 1. The van der Waals surface area contributed by atoms with Gasteiger partial charge in [-0.2, -0.15) is 5.26 Å². The zero-order valence-corrected chi connectivity index (χ0v) is 9.41. The molecule has 0 aromatic heterocycles. The predicted octanol–water partition coefficient (Wildman–Crippen LogP) is 2.02. The first-order chi connectivity index (χ1) is 7.60. The number of phenolic OH excluding ortho intramolecular Hbond substituents is 1. The van der Waals surface area contributed by atoms with Crippen molar-refractivity contribution in [2.75, 3.05) is 6.61 Å². The summed E-state index contributed by atoms with van der Waals surface area (Å²) in [5.41, 5.74) is 0.443. The second-order valence-corrected chi connectivity index (χ2v) is 3.40. The van der Waals surface area contributed by atoms with Gasteiger partial charge in [-0.1, -0.05) is 17.7 Å². The Morgan fingerprint density at radius 3 is 2.88 bits per heavy atom. The largest absolute Gasteiger partial charge is 0.507 e. The molecule has 16 heavy (non-hydrogen) atoms.